The van der Waals surface area contributed by atoms with E-state index in [1.807, 2.05) is 43.7 Å². The number of nitrogens with zero attached hydrogens (tertiary/aromatic N) is 3. The van der Waals surface area contributed by atoms with Gasteiger partial charge in [0.15, 0.2) is 5.16 Å². The molecule has 1 N–H and O–H groups in total. The summed E-state index contributed by atoms with van der Waals surface area (Å²) in [5.41, 5.74) is 1.30. The quantitative estimate of drug-likeness (QED) is 0.797. The molecule has 1 aromatic carbocycles. The SMILES string of the molecule is C[C@H](Sc1nncn1C)C(=O)N[C@@H](C)CCc1ccccc1. The standard InChI is InChI=1S/C16H22N4OS/c1-12(9-10-14-7-5-4-6-8-14)18-15(21)13(2)22-16-19-17-11-20(16)3/h4-8,11-13H,9-10H2,1-3H3,(H,18,21)/t12-,13-/m0/s1. The number of benzene rings is 1. The molecule has 1 amide bonds. The Morgan fingerprint density at radius 3 is 2.68 bits per heavy atom. The largest absolute Gasteiger partial charge is 0.353 e. The second-order valence-electron chi connectivity index (χ2n) is 5.42. The Morgan fingerprint density at radius 1 is 1.32 bits per heavy atom. The molecule has 5 nitrogen and oxygen atoms in total. The lowest BCUT2D eigenvalue weighted by molar-refractivity contribution is -0.120. The molecule has 22 heavy (non-hydrogen) atoms. The molecule has 0 fully saturated rings. The van der Waals surface area contributed by atoms with Gasteiger partial charge in [-0.05, 0) is 32.3 Å². The number of nitrogens with one attached hydrogen (secondary N) is 1. The molecule has 0 spiro atoms. The van der Waals surface area contributed by atoms with Gasteiger partial charge in [-0.1, -0.05) is 42.1 Å². The normalized spacial score (nSPS) is 13.6. The predicted molar refractivity (Wildman–Crippen MR) is 88.7 cm³/mol. The highest BCUT2D eigenvalue weighted by atomic mass is 32.2. The zero-order valence-electron chi connectivity index (χ0n) is 13.2. The molecule has 0 aliphatic carbocycles. The molecule has 0 unspecified atom stereocenters. The van der Waals surface area contributed by atoms with Crippen LogP contribution in [-0.4, -0.2) is 32.0 Å². The molecule has 2 aromatic rings. The number of carbonyl (C=O) groups is 1. The van der Waals surface area contributed by atoms with Crippen LogP contribution in [0, 0.1) is 0 Å². The van der Waals surface area contributed by atoms with E-state index >= 15 is 0 Å². The molecule has 0 aliphatic heterocycles. The number of hydrogen-bond donors (Lipinski definition) is 1. The van der Waals surface area contributed by atoms with Crippen LogP contribution in [0.2, 0.25) is 0 Å². The maximum absolute atomic E-state index is 12.2. The van der Waals surface area contributed by atoms with Crippen molar-refractivity contribution >= 4 is 17.7 Å². The Bertz CT molecular complexity index is 599. The summed E-state index contributed by atoms with van der Waals surface area (Å²) in [5, 5.41) is 11.4. The third-order valence-electron chi connectivity index (χ3n) is 3.42. The highest BCUT2D eigenvalue weighted by molar-refractivity contribution is 8.00. The van der Waals surface area contributed by atoms with Gasteiger partial charge in [-0.2, -0.15) is 0 Å². The van der Waals surface area contributed by atoms with Gasteiger partial charge < -0.3 is 9.88 Å². The lowest BCUT2D eigenvalue weighted by atomic mass is 10.1. The fraction of sp³-hybridized carbons (Fsp3) is 0.438. The topological polar surface area (TPSA) is 59.8 Å². The lowest BCUT2D eigenvalue weighted by Gasteiger charge is -2.17. The summed E-state index contributed by atoms with van der Waals surface area (Å²) in [6.45, 7) is 3.93. The first-order valence-corrected chi connectivity index (χ1v) is 8.29. The van der Waals surface area contributed by atoms with Crippen LogP contribution in [0.15, 0.2) is 41.8 Å². The summed E-state index contributed by atoms with van der Waals surface area (Å²) in [7, 11) is 1.87. The molecular formula is C16H22N4OS. The number of aromatic nitrogens is 3. The van der Waals surface area contributed by atoms with Crippen molar-refractivity contribution in [2.75, 3.05) is 0 Å². The van der Waals surface area contributed by atoms with E-state index in [1.165, 1.54) is 17.3 Å². The van der Waals surface area contributed by atoms with Gasteiger partial charge in [0.05, 0.1) is 5.25 Å². The van der Waals surface area contributed by atoms with Gasteiger partial charge in [0.25, 0.3) is 0 Å². The first-order chi connectivity index (χ1) is 10.6. The molecule has 0 bridgehead atoms. The van der Waals surface area contributed by atoms with E-state index in [0.717, 1.165) is 18.0 Å². The molecule has 0 saturated carbocycles. The van der Waals surface area contributed by atoms with Crippen molar-refractivity contribution in [3.63, 3.8) is 0 Å². The Morgan fingerprint density at radius 2 is 2.05 bits per heavy atom. The zero-order valence-corrected chi connectivity index (χ0v) is 14.0. The van der Waals surface area contributed by atoms with E-state index in [0.29, 0.717) is 0 Å². The molecule has 2 rings (SSSR count). The van der Waals surface area contributed by atoms with Gasteiger partial charge in [-0.25, -0.2) is 0 Å². The van der Waals surface area contributed by atoms with E-state index in [-0.39, 0.29) is 17.2 Å². The number of rotatable bonds is 7. The first kappa shape index (κ1) is 16.5. The Balaban J connectivity index is 1.77. The van der Waals surface area contributed by atoms with Crippen molar-refractivity contribution in [3.05, 3.63) is 42.2 Å². The van der Waals surface area contributed by atoms with Crippen molar-refractivity contribution in [2.45, 2.75) is 43.1 Å². The smallest absolute Gasteiger partial charge is 0.233 e. The fourth-order valence-electron chi connectivity index (χ4n) is 2.05. The predicted octanol–water partition coefficient (Wildman–Crippen LogP) is 2.43. The van der Waals surface area contributed by atoms with Crippen LogP contribution in [0.4, 0.5) is 0 Å². The van der Waals surface area contributed by atoms with Gasteiger partial charge in [0.1, 0.15) is 6.33 Å². The molecule has 0 aliphatic rings. The Hall–Kier alpha value is -1.82. The second kappa shape index (κ2) is 7.98. The maximum atomic E-state index is 12.2. The Kier molecular flexibility index (Phi) is 6.00. The number of aryl methyl sites for hydroxylation is 2. The van der Waals surface area contributed by atoms with Gasteiger partial charge in [-0.3, -0.25) is 4.79 Å². The van der Waals surface area contributed by atoms with Crippen LogP contribution in [0.25, 0.3) is 0 Å². The minimum atomic E-state index is -0.193. The van der Waals surface area contributed by atoms with Gasteiger partial charge in [-0.15, -0.1) is 10.2 Å². The third-order valence-corrected chi connectivity index (χ3v) is 4.57. The molecule has 0 radical (unpaired) electrons. The number of amides is 1. The summed E-state index contributed by atoms with van der Waals surface area (Å²) in [5.74, 6) is 0.0357. The molecule has 1 aromatic heterocycles. The summed E-state index contributed by atoms with van der Waals surface area (Å²) >= 11 is 1.42. The first-order valence-electron chi connectivity index (χ1n) is 7.41. The molecule has 118 valence electrons. The molecular weight excluding hydrogens is 296 g/mol. The zero-order chi connectivity index (χ0) is 15.9. The maximum Gasteiger partial charge on any atom is 0.233 e. The molecule has 2 atom stereocenters. The summed E-state index contributed by atoms with van der Waals surface area (Å²) in [6.07, 6.45) is 3.53. The average molecular weight is 318 g/mol. The summed E-state index contributed by atoms with van der Waals surface area (Å²) in [6, 6.07) is 10.5. The van der Waals surface area contributed by atoms with Crippen LogP contribution in [0.1, 0.15) is 25.8 Å². The van der Waals surface area contributed by atoms with Crippen LogP contribution in [0.3, 0.4) is 0 Å². The van der Waals surface area contributed by atoms with Gasteiger partial charge in [0.2, 0.25) is 5.91 Å². The Labute approximate surface area is 135 Å². The summed E-state index contributed by atoms with van der Waals surface area (Å²) in [4.78, 5) is 12.2. The van der Waals surface area contributed by atoms with Gasteiger partial charge in [0, 0.05) is 13.1 Å². The van der Waals surface area contributed by atoms with E-state index in [2.05, 4.69) is 27.6 Å². The third kappa shape index (κ3) is 4.87. The van der Waals surface area contributed by atoms with Crippen molar-refractivity contribution in [1.29, 1.82) is 0 Å². The van der Waals surface area contributed by atoms with Crippen LogP contribution >= 0.6 is 11.8 Å². The van der Waals surface area contributed by atoms with E-state index in [1.54, 1.807) is 6.33 Å². The van der Waals surface area contributed by atoms with Crippen LogP contribution < -0.4 is 5.32 Å². The number of hydrogen-bond acceptors (Lipinski definition) is 4. The number of carbonyl (C=O) groups excluding carboxylic acids is 1. The molecule has 1 heterocycles. The van der Waals surface area contributed by atoms with Crippen LogP contribution in [0.5, 0.6) is 0 Å². The van der Waals surface area contributed by atoms with E-state index in [9.17, 15) is 4.79 Å². The minimum Gasteiger partial charge on any atom is -0.353 e. The highest BCUT2D eigenvalue weighted by Crippen LogP contribution is 2.20. The van der Waals surface area contributed by atoms with Crippen molar-refractivity contribution in [1.82, 2.24) is 20.1 Å². The second-order valence-corrected chi connectivity index (χ2v) is 6.73. The molecule has 6 heteroatoms. The monoisotopic (exact) mass is 318 g/mol. The van der Waals surface area contributed by atoms with Crippen LogP contribution in [-0.2, 0) is 18.3 Å². The minimum absolute atomic E-state index is 0.0357. The van der Waals surface area contributed by atoms with E-state index in [4.69, 9.17) is 0 Å². The van der Waals surface area contributed by atoms with Gasteiger partial charge >= 0.3 is 0 Å². The van der Waals surface area contributed by atoms with Crippen molar-refractivity contribution < 1.29 is 4.79 Å². The highest BCUT2D eigenvalue weighted by Gasteiger charge is 2.18. The fourth-order valence-corrected chi connectivity index (χ4v) is 2.85. The van der Waals surface area contributed by atoms with Crippen molar-refractivity contribution in [3.8, 4) is 0 Å². The average Bonchev–Trinajstić information content (AvgIpc) is 2.91. The number of thioether (sulfide) groups is 1. The van der Waals surface area contributed by atoms with E-state index < -0.39 is 0 Å². The van der Waals surface area contributed by atoms with Crippen molar-refractivity contribution in [2.24, 2.45) is 7.05 Å². The summed E-state index contributed by atoms with van der Waals surface area (Å²) < 4.78 is 1.81. The lowest BCUT2D eigenvalue weighted by Crippen LogP contribution is -2.38. The molecule has 0 saturated heterocycles.